The topological polar surface area (TPSA) is 38.0 Å². The van der Waals surface area contributed by atoms with Gasteiger partial charge in [-0.25, -0.2) is 0 Å². The van der Waals surface area contributed by atoms with Crippen LogP contribution < -0.4 is 11.1 Å². The first kappa shape index (κ1) is 16.4. The Morgan fingerprint density at radius 1 is 1.14 bits per heavy atom. The maximum absolute atomic E-state index is 5.71. The van der Waals surface area contributed by atoms with Crippen LogP contribution in [-0.4, -0.2) is 13.1 Å². The standard InChI is InChI=1S/C19H32N2/c1-16(2)14-19(11-3-4-12-19)15-21-13-5-6-17-7-9-18(20)10-8-17/h7-10,16,21H,3-6,11-15,20H2,1-2H3. The van der Waals surface area contributed by atoms with Gasteiger partial charge in [0.15, 0.2) is 0 Å². The molecule has 0 heterocycles. The van der Waals surface area contributed by atoms with E-state index in [4.69, 9.17) is 5.73 Å². The van der Waals surface area contributed by atoms with E-state index in [1.165, 1.54) is 50.6 Å². The van der Waals surface area contributed by atoms with Gasteiger partial charge in [-0.15, -0.1) is 0 Å². The van der Waals surface area contributed by atoms with Crippen LogP contribution in [0.2, 0.25) is 0 Å². The van der Waals surface area contributed by atoms with Crippen molar-refractivity contribution in [2.24, 2.45) is 11.3 Å². The fraction of sp³-hybridized carbons (Fsp3) is 0.684. The molecule has 1 aliphatic carbocycles. The van der Waals surface area contributed by atoms with Crippen LogP contribution in [0, 0.1) is 11.3 Å². The van der Waals surface area contributed by atoms with Gasteiger partial charge in [0.1, 0.15) is 0 Å². The molecular weight excluding hydrogens is 256 g/mol. The molecule has 1 fully saturated rings. The molecule has 118 valence electrons. The number of aryl methyl sites for hydroxylation is 1. The van der Waals surface area contributed by atoms with E-state index in [0.29, 0.717) is 5.41 Å². The molecule has 2 heteroatoms. The average Bonchev–Trinajstić information content (AvgIpc) is 2.88. The van der Waals surface area contributed by atoms with Crippen molar-refractivity contribution in [1.82, 2.24) is 5.32 Å². The van der Waals surface area contributed by atoms with Crippen LogP contribution in [0.15, 0.2) is 24.3 Å². The number of hydrogen-bond acceptors (Lipinski definition) is 2. The minimum Gasteiger partial charge on any atom is -0.399 e. The van der Waals surface area contributed by atoms with Gasteiger partial charge in [-0.2, -0.15) is 0 Å². The zero-order valence-electron chi connectivity index (χ0n) is 13.8. The maximum atomic E-state index is 5.71. The van der Waals surface area contributed by atoms with E-state index in [2.05, 4.69) is 31.3 Å². The van der Waals surface area contributed by atoms with E-state index < -0.39 is 0 Å². The van der Waals surface area contributed by atoms with E-state index in [1.807, 2.05) is 12.1 Å². The van der Waals surface area contributed by atoms with Crippen molar-refractivity contribution in [1.29, 1.82) is 0 Å². The van der Waals surface area contributed by atoms with E-state index >= 15 is 0 Å². The van der Waals surface area contributed by atoms with E-state index in [9.17, 15) is 0 Å². The van der Waals surface area contributed by atoms with Crippen molar-refractivity contribution in [2.75, 3.05) is 18.8 Å². The lowest BCUT2D eigenvalue weighted by atomic mass is 9.78. The molecule has 1 aromatic carbocycles. The molecule has 1 saturated carbocycles. The molecule has 2 nitrogen and oxygen atoms in total. The number of nitrogen functional groups attached to an aromatic ring is 1. The Bertz CT molecular complexity index is 402. The zero-order valence-corrected chi connectivity index (χ0v) is 13.8. The monoisotopic (exact) mass is 288 g/mol. The van der Waals surface area contributed by atoms with Gasteiger partial charge in [-0.3, -0.25) is 0 Å². The first-order valence-corrected chi connectivity index (χ1v) is 8.65. The van der Waals surface area contributed by atoms with Crippen molar-refractivity contribution >= 4 is 5.69 Å². The van der Waals surface area contributed by atoms with Crippen LogP contribution in [0.25, 0.3) is 0 Å². The van der Waals surface area contributed by atoms with Crippen LogP contribution in [0.3, 0.4) is 0 Å². The molecule has 0 atom stereocenters. The van der Waals surface area contributed by atoms with Gasteiger partial charge in [-0.1, -0.05) is 38.8 Å². The van der Waals surface area contributed by atoms with Gasteiger partial charge in [0, 0.05) is 12.2 Å². The minimum absolute atomic E-state index is 0.593. The normalized spacial score (nSPS) is 17.5. The lowest BCUT2D eigenvalue weighted by Gasteiger charge is -2.31. The van der Waals surface area contributed by atoms with Crippen molar-refractivity contribution in [2.45, 2.75) is 58.8 Å². The Kier molecular flexibility index (Phi) is 6.10. The number of rotatable bonds is 8. The summed E-state index contributed by atoms with van der Waals surface area (Å²) in [6.07, 6.45) is 9.45. The summed E-state index contributed by atoms with van der Waals surface area (Å²) in [5.41, 5.74) is 8.56. The summed E-state index contributed by atoms with van der Waals surface area (Å²) >= 11 is 0. The van der Waals surface area contributed by atoms with Gasteiger partial charge in [0.25, 0.3) is 0 Å². The molecule has 3 N–H and O–H groups in total. The van der Waals surface area contributed by atoms with Crippen molar-refractivity contribution in [3.8, 4) is 0 Å². The van der Waals surface area contributed by atoms with E-state index in [0.717, 1.165) is 24.6 Å². The molecule has 0 aliphatic heterocycles. The first-order valence-electron chi connectivity index (χ1n) is 8.65. The third kappa shape index (κ3) is 5.35. The van der Waals surface area contributed by atoms with E-state index in [1.54, 1.807) is 0 Å². The summed E-state index contributed by atoms with van der Waals surface area (Å²) in [6.45, 7) is 7.07. The highest BCUT2D eigenvalue weighted by molar-refractivity contribution is 5.39. The second-order valence-electron chi connectivity index (χ2n) is 7.33. The predicted molar refractivity (Wildman–Crippen MR) is 92.4 cm³/mol. The molecule has 0 spiro atoms. The third-order valence-electron chi connectivity index (χ3n) is 4.80. The van der Waals surface area contributed by atoms with Gasteiger partial charge in [0.2, 0.25) is 0 Å². The second-order valence-corrected chi connectivity index (χ2v) is 7.33. The Morgan fingerprint density at radius 2 is 1.81 bits per heavy atom. The van der Waals surface area contributed by atoms with Gasteiger partial charge >= 0.3 is 0 Å². The predicted octanol–water partition coefficient (Wildman–Crippen LogP) is 4.40. The molecule has 0 amide bonds. The Balaban J connectivity index is 1.67. The number of nitrogens with one attached hydrogen (secondary N) is 1. The summed E-state index contributed by atoms with van der Waals surface area (Å²) in [4.78, 5) is 0. The van der Waals surface area contributed by atoms with Crippen LogP contribution in [0.1, 0.15) is 57.9 Å². The smallest absolute Gasteiger partial charge is 0.0314 e. The number of benzene rings is 1. The summed E-state index contributed by atoms with van der Waals surface area (Å²) in [7, 11) is 0. The van der Waals surface area contributed by atoms with Gasteiger partial charge in [-0.05, 0) is 67.7 Å². The lowest BCUT2D eigenvalue weighted by Crippen LogP contribution is -2.34. The quantitative estimate of drug-likeness (QED) is 0.549. The number of anilines is 1. The fourth-order valence-corrected chi connectivity index (χ4v) is 3.90. The maximum Gasteiger partial charge on any atom is 0.0314 e. The number of nitrogens with two attached hydrogens (primary N) is 1. The van der Waals surface area contributed by atoms with Crippen molar-refractivity contribution < 1.29 is 0 Å². The molecule has 0 bridgehead atoms. The average molecular weight is 288 g/mol. The Labute approximate surface area is 130 Å². The molecule has 1 aromatic rings. The van der Waals surface area contributed by atoms with Crippen LogP contribution in [0.5, 0.6) is 0 Å². The van der Waals surface area contributed by atoms with E-state index in [-0.39, 0.29) is 0 Å². The summed E-state index contributed by atoms with van der Waals surface area (Å²) in [5, 5.41) is 3.73. The summed E-state index contributed by atoms with van der Waals surface area (Å²) in [5.74, 6) is 0.819. The SMILES string of the molecule is CC(C)CC1(CNCCCc2ccc(N)cc2)CCCC1. The molecule has 21 heavy (non-hydrogen) atoms. The summed E-state index contributed by atoms with van der Waals surface area (Å²) in [6, 6.07) is 8.29. The van der Waals surface area contributed by atoms with Crippen LogP contribution in [0.4, 0.5) is 5.69 Å². The highest BCUT2D eigenvalue weighted by Gasteiger charge is 2.33. The van der Waals surface area contributed by atoms with Crippen LogP contribution >= 0.6 is 0 Å². The molecule has 0 unspecified atom stereocenters. The molecule has 2 rings (SSSR count). The largest absolute Gasteiger partial charge is 0.399 e. The van der Waals surface area contributed by atoms with Crippen molar-refractivity contribution in [3.63, 3.8) is 0 Å². The molecule has 0 radical (unpaired) electrons. The van der Waals surface area contributed by atoms with Gasteiger partial charge < -0.3 is 11.1 Å². The zero-order chi connectivity index (χ0) is 15.1. The fourth-order valence-electron chi connectivity index (χ4n) is 3.90. The first-order chi connectivity index (χ1) is 10.1. The molecule has 0 saturated heterocycles. The summed E-state index contributed by atoms with van der Waals surface area (Å²) < 4.78 is 0. The highest BCUT2D eigenvalue weighted by Crippen LogP contribution is 2.42. The second kappa shape index (κ2) is 7.84. The van der Waals surface area contributed by atoms with Crippen LogP contribution in [-0.2, 0) is 6.42 Å². The molecule has 0 aromatic heterocycles. The molecular formula is C19H32N2. The molecule has 1 aliphatic rings. The highest BCUT2D eigenvalue weighted by atomic mass is 14.9. The third-order valence-corrected chi connectivity index (χ3v) is 4.80. The lowest BCUT2D eigenvalue weighted by molar-refractivity contribution is 0.224. The van der Waals surface area contributed by atoms with Gasteiger partial charge in [0.05, 0.1) is 0 Å². The Hall–Kier alpha value is -1.02. The minimum atomic E-state index is 0.593. The Morgan fingerprint density at radius 3 is 2.43 bits per heavy atom. The number of hydrogen-bond donors (Lipinski definition) is 2. The van der Waals surface area contributed by atoms with Crippen molar-refractivity contribution in [3.05, 3.63) is 29.8 Å².